The molecule has 20 heavy (non-hydrogen) atoms. The molecule has 0 spiro atoms. The van der Waals surface area contributed by atoms with Gasteiger partial charge >= 0.3 is 0 Å². The van der Waals surface area contributed by atoms with Crippen molar-refractivity contribution in [2.24, 2.45) is 0 Å². The van der Waals surface area contributed by atoms with E-state index in [1.165, 1.54) is 11.1 Å². The monoisotopic (exact) mass is 332 g/mol. The van der Waals surface area contributed by atoms with Gasteiger partial charge in [-0.05, 0) is 55.6 Å². The topological polar surface area (TPSA) is 24.9 Å². The molecule has 106 valence electrons. The third kappa shape index (κ3) is 4.15. The van der Waals surface area contributed by atoms with Crippen molar-refractivity contribution in [3.8, 4) is 0 Å². The smallest absolute Gasteiger partial charge is 0.0420 e. The van der Waals surface area contributed by atoms with E-state index >= 15 is 0 Å². The first-order chi connectivity index (χ1) is 9.70. The Morgan fingerprint density at radius 3 is 2.80 bits per heavy atom. The van der Waals surface area contributed by atoms with Crippen molar-refractivity contribution < 1.29 is 0 Å². The van der Waals surface area contributed by atoms with Crippen molar-refractivity contribution in [1.29, 1.82) is 0 Å². The van der Waals surface area contributed by atoms with Crippen LogP contribution >= 0.6 is 15.9 Å². The highest BCUT2D eigenvalue weighted by Gasteiger charge is 2.14. The first kappa shape index (κ1) is 15.2. The number of nitrogens with one attached hydrogen (secondary N) is 1. The fourth-order valence-electron chi connectivity index (χ4n) is 2.38. The van der Waals surface area contributed by atoms with E-state index in [-0.39, 0.29) is 0 Å². The summed E-state index contributed by atoms with van der Waals surface area (Å²) in [6, 6.07) is 13.0. The second kappa shape index (κ2) is 7.55. The molecule has 1 N–H and O–H groups in total. The minimum Gasteiger partial charge on any atom is -0.310 e. The maximum Gasteiger partial charge on any atom is 0.0420 e. The second-order valence-corrected chi connectivity index (χ2v) is 5.93. The highest BCUT2D eigenvalue weighted by molar-refractivity contribution is 9.10. The summed E-state index contributed by atoms with van der Waals surface area (Å²) < 4.78 is 1.13. The minimum absolute atomic E-state index is 0.318. The number of nitrogens with zero attached hydrogens (tertiary/aromatic N) is 1. The number of halogens is 1. The highest BCUT2D eigenvalue weighted by atomic mass is 79.9. The molecule has 0 bridgehead atoms. The van der Waals surface area contributed by atoms with Crippen molar-refractivity contribution in [1.82, 2.24) is 10.3 Å². The van der Waals surface area contributed by atoms with Crippen LogP contribution in [0.25, 0.3) is 0 Å². The summed E-state index contributed by atoms with van der Waals surface area (Å²) in [7, 11) is 0. The van der Waals surface area contributed by atoms with Gasteiger partial charge < -0.3 is 5.32 Å². The van der Waals surface area contributed by atoms with E-state index < -0.39 is 0 Å². The van der Waals surface area contributed by atoms with Gasteiger partial charge in [0.2, 0.25) is 0 Å². The van der Waals surface area contributed by atoms with Gasteiger partial charge in [-0.3, -0.25) is 4.98 Å². The summed E-state index contributed by atoms with van der Waals surface area (Å²) in [6.45, 7) is 5.29. The third-order valence-electron chi connectivity index (χ3n) is 3.39. The Morgan fingerprint density at radius 1 is 1.25 bits per heavy atom. The van der Waals surface area contributed by atoms with Crippen LogP contribution in [-0.2, 0) is 6.42 Å². The zero-order chi connectivity index (χ0) is 14.4. The molecule has 1 unspecified atom stereocenters. The van der Waals surface area contributed by atoms with Crippen LogP contribution in [0.15, 0.2) is 47.1 Å². The Kier molecular flexibility index (Phi) is 5.74. The molecular formula is C17H21BrN2. The van der Waals surface area contributed by atoms with Crippen LogP contribution in [0.2, 0.25) is 0 Å². The second-order valence-electron chi connectivity index (χ2n) is 5.02. The van der Waals surface area contributed by atoms with Gasteiger partial charge in [-0.1, -0.05) is 41.1 Å². The molecule has 2 rings (SSSR count). The molecule has 2 nitrogen and oxygen atoms in total. The van der Waals surface area contributed by atoms with Gasteiger partial charge in [-0.15, -0.1) is 0 Å². The van der Waals surface area contributed by atoms with Crippen LogP contribution in [0.5, 0.6) is 0 Å². The number of rotatable bonds is 6. The van der Waals surface area contributed by atoms with Crippen LogP contribution in [0.4, 0.5) is 0 Å². The highest BCUT2D eigenvalue weighted by Crippen LogP contribution is 2.22. The largest absolute Gasteiger partial charge is 0.310 e. The Morgan fingerprint density at radius 2 is 2.10 bits per heavy atom. The van der Waals surface area contributed by atoms with Crippen molar-refractivity contribution in [3.05, 3.63) is 63.9 Å². The van der Waals surface area contributed by atoms with Crippen molar-refractivity contribution in [3.63, 3.8) is 0 Å². The van der Waals surface area contributed by atoms with Gasteiger partial charge in [0, 0.05) is 22.4 Å². The number of hydrogen-bond acceptors (Lipinski definition) is 2. The quantitative estimate of drug-likeness (QED) is 0.846. The van der Waals surface area contributed by atoms with Crippen LogP contribution < -0.4 is 5.32 Å². The summed E-state index contributed by atoms with van der Waals surface area (Å²) in [5.41, 5.74) is 3.73. The average molecular weight is 333 g/mol. The van der Waals surface area contributed by atoms with E-state index in [1.807, 2.05) is 12.3 Å². The molecule has 0 fully saturated rings. The summed E-state index contributed by atoms with van der Waals surface area (Å²) in [5, 5.41) is 3.64. The lowest BCUT2D eigenvalue weighted by molar-refractivity contribution is 0.525. The summed E-state index contributed by atoms with van der Waals surface area (Å²) in [4.78, 5) is 4.42. The van der Waals surface area contributed by atoms with Crippen molar-refractivity contribution in [2.75, 3.05) is 6.54 Å². The molecular weight excluding hydrogens is 312 g/mol. The number of benzene rings is 1. The van der Waals surface area contributed by atoms with Gasteiger partial charge in [0.1, 0.15) is 0 Å². The van der Waals surface area contributed by atoms with Crippen LogP contribution in [0.3, 0.4) is 0 Å². The predicted octanol–water partition coefficient (Wildman–Crippen LogP) is 4.44. The Labute approximate surface area is 129 Å². The lowest BCUT2D eigenvalue weighted by atomic mass is 9.98. The predicted molar refractivity (Wildman–Crippen MR) is 87.9 cm³/mol. The molecule has 1 aromatic carbocycles. The molecule has 2 aromatic rings. The first-order valence-corrected chi connectivity index (χ1v) is 7.89. The average Bonchev–Trinajstić information content (AvgIpc) is 2.44. The molecule has 0 aliphatic carbocycles. The summed E-state index contributed by atoms with van der Waals surface area (Å²) in [6.07, 6.45) is 3.97. The molecule has 1 atom stereocenters. The van der Waals surface area contributed by atoms with Crippen molar-refractivity contribution >= 4 is 15.9 Å². The SMILES string of the molecule is CCCNC(Cc1cccc(Br)c1)c1cccnc1C. The van der Waals surface area contributed by atoms with Gasteiger partial charge in [0.25, 0.3) is 0 Å². The Balaban J connectivity index is 2.22. The van der Waals surface area contributed by atoms with Crippen LogP contribution in [0.1, 0.15) is 36.2 Å². The maximum absolute atomic E-state index is 4.42. The Hall–Kier alpha value is -1.19. The van der Waals surface area contributed by atoms with Gasteiger partial charge in [-0.25, -0.2) is 0 Å². The van der Waals surface area contributed by atoms with E-state index in [0.717, 1.165) is 29.6 Å². The molecule has 0 amide bonds. The summed E-state index contributed by atoms with van der Waals surface area (Å²) in [5.74, 6) is 0. The van der Waals surface area contributed by atoms with Crippen LogP contribution in [0, 0.1) is 6.92 Å². The fourth-order valence-corrected chi connectivity index (χ4v) is 2.82. The lowest BCUT2D eigenvalue weighted by Crippen LogP contribution is -2.25. The normalized spacial score (nSPS) is 12.3. The van der Waals surface area contributed by atoms with E-state index in [1.54, 1.807) is 0 Å². The van der Waals surface area contributed by atoms with E-state index in [0.29, 0.717) is 6.04 Å². The van der Waals surface area contributed by atoms with Gasteiger partial charge in [0.05, 0.1) is 0 Å². The number of aryl methyl sites for hydroxylation is 1. The minimum atomic E-state index is 0.318. The number of pyridine rings is 1. The number of hydrogen-bond donors (Lipinski definition) is 1. The lowest BCUT2D eigenvalue weighted by Gasteiger charge is -2.20. The zero-order valence-electron chi connectivity index (χ0n) is 12.1. The number of aromatic nitrogens is 1. The summed E-state index contributed by atoms with van der Waals surface area (Å²) >= 11 is 3.54. The molecule has 0 saturated heterocycles. The zero-order valence-corrected chi connectivity index (χ0v) is 13.7. The standard InChI is InChI=1S/C17H21BrN2/c1-3-9-20-17(16-8-5-10-19-13(16)2)12-14-6-4-7-15(18)11-14/h4-8,10-11,17,20H,3,9,12H2,1-2H3. The molecule has 0 aliphatic rings. The maximum atomic E-state index is 4.42. The van der Waals surface area contributed by atoms with Gasteiger partial charge in [-0.2, -0.15) is 0 Å². The van der Waals surface area contributed by atoms with E-state index in [2.05, 4.69) is 70.4 Å². The first-order valence-electron chi connectivity index (χ1n) is 7.10. The molecule has 0 radical (unpaired) electrons. The molecule has 0 saturated carbocycles. The van der Waals surface area contributed by atoms with Crippen molar-refractivity contribution in [2.45, 2.75) is 32.7 Å². The van der Waals surface area contributed by atoms with Gasteiger partial charge in [0.15, 0.2) is 0 Å². The Bertz CT molecular complexity index is 554. The van der Waals surface area contributed by atoms with Crippen LogP contribution in [-0.4, -0.2) is 11.5 Å². The van der Waals surface area contributed by atoms with E-state index in [4.69, 9.17) is 0 Å². The van der Waals surface area contributed by atoms with E-state index in [9.17, 15) is 0 Å². The molecule has 3 heteroatoms. The molecule has 0 aliphatic heterocycles. The molecule has 1 aromatic heterocycles. The third-order valence-corrected chi connectivity index (χ3v) is 3.89. The molecule has 1 heterocycles. The fraction of sp³-hybridized carbons (Fsp3) is 0.353.